The average Bonchev–Trinajstić information content (AvgIpc) is 3.62. The minimum Gasteiger partial charge on any atom is -0.496 e. The number of carboxylic acids is 1. The molecule has 0 unspecified atom stereocenters. The van der Waals surface area contributed by atoms with Gasteiger partial charge in [0.05, 0.1) is 36.8 Å². The van der Waals surface area contributed by atoms with Gasteiger partial charge < -0.3 is 19.3 Å². The third-order valence-corrected chi connectivity index (χ3v) is 8.49. The van der Waals surface area contributed by atoms with E-state index >= 15 is 0 Å². The van der Waals surface area contributed by atoms with Crippen LogP contribution in [0.5, 0.6) is 11.5 Å². The molecule has 0 saturated heterocycles. The van der Waals surface area contributed by atoms with E-state index < -0.39 is 29.9 Å². The summed E-state index contributed by atoms with van der Waals surface area (Å²) in [6.07, 6.45) is 0.549. The highest BCUT2D eigenvalue weighted by atomic mass is 32.1. The number of pyridine rings is 1. The largest absolute Gasteiger partial charge is 0.496 e. The Bertz CT molecular complexity index is 1550. The van der Waals surface area contributed by atoms with Crippen molar-refractivity contribution in [3.8, 4) is 22.2 Å². The van der Waals surface area contributed by atoms with Crippen molar-refractivity contribution >= 4 is 34.2 Å². The summed E-state index contributed by atoms with van der Waals surface area (Å²) in [4.78, 5) is 34.8. The minimum atomic E-state index is -1.02. The molecule has 1 fully saturated rings. The molecule has 0 bridgehead atoms. The van der Waals surface area contributed by atoms with Crippen LogP contribution in [0.4, 0.5) is 0 Å². The quantitative estimate of drug-likeness (QED) is 0.216. The summed E-state index contributed by atoms with van der Waals surface area (Å²) in [5, 5.41) is 13.5. The second-order valence-electron chi connectivity index (χ2n) is 10.7. The molecule has 0 amide bonds. The summed E-state index contributed by atoms with van der Waals surface area (Å²) in [6, 6.07) is 15.3. The fourth-order valence-electron chi connectivity index (χ4n) is 5.30. The lowest BCUT2D eigenvalue weighted by atomic mass is 9.96. The maximum absolute atomic E-state index is 13.0. The molecule has 5 rings (SSSR count). The van der Waals surface area contributed by atoms with Gasteiger partial charge in [-0.15, -0.1) is 11.3 Å². The molecule has 2 aromatic carbocycles. The normalized spacial score (nSPS) is 18.5. The lowest BCUT2D eigenvalue weighted by Gasteiger charge is -2.18. The van der Waals surface area contributed by atoms with E-state index in [9.17, 15) is 14.7 Å². The van der Waals surface area contributed by atoms with Gasteiger partial charge in [-0.25, -0.2) is 9.97 Å². The summed E-state index contributed by atoms with van der Waals surface area (Å²) in [7, 11) is 1.62. The second kappa shape index (κ2) is 12.3. The van der Waals surface area contributed by atoms with Crippen LogP contribution in [0, 0.1) is 18.8 Å². The van der Waals surface area contributed by atoms with E-state index in [2.05, 4.69) is 13.8 Å². The standard InChI is InChI=1S/C32H34N2O6S/c1-18(2)26-17-41-30(34-26)25-16-28(22-10-11-27(38-4)19(3)29(22)33-25)40-21-14-23(31(35)36)24(15-21)32(37)39-13-12-20-8-6-5-7-9-20/h5-11,16-18,21,23-24H,12-15H2,1-4H3,(H,35,36)/t21-,23+,24+/m0/s1. The number of aromatic nitrogens is 2. The molecule has 214 valence electrons. The van der Waals surface area contributed by atoms with Crippen molar-refractivity contribution in [3.05, 3.63) is 70.7 Å². The van der Waals surface area contributed by atoms with Crippen LogP contribution < -0.4 is 9.47 Å². The van der Waals surface area contributed by atoms with Crippen molar-refractivity contribution in [2.75, 3.05) is 13.7 Å². The van der Waals surface area contributed by atoms with Gasteiger partial charge in [-0.05, 0) is 43.4 Å². The highest BCUT2D eigenvalue weighted by Gasteiger charge is 2.45. The zero-order chi connectivity index (χ0) is 29.1. The topological polar surface area (TPSA) is 108 Å². The summed E-state index contributed by atoms with van der Waals surface area (Å²) in [5.74, 6) is -1.62. The van der Waals surface area contributed by atoms with Crippen LogP contribution >= 0.6 is 11.3 Å². The molecule has 9 heteroatoms. The lowest BCUT2D eigenvalue weighted by molar-refractivity contribution is -0.156. The molecule has 1 N–H and O–H groups in total. The van der Waals surface area contributed by atoms with Gasteiger partial charge in [0.15, 0.2) is 0 Å². The van der Waals surface area contributed by atoms with Gasteiger partial charge in [0.1, 0.15) is 28.3 Å². The third kappa shape index (κ3) is 6.20. The van der Waals surface area contributed by atoms with Crippen molar-refractivity contribution < 1.29 is 28.9 Å². The number of esters is 1. The second-order valence-corrected chi connectivity index (χ2v) is 11.6. The Morgan fingerprint density at radius 3 is 2.49 bits per heavy atom. The number of aryl methyl sites for hydroxylation is 1. The first-order valence-corrected chi connectivity index (χ1v) is 14.7. The Morgan fingerprint density at radius 2 is 1.80 bits per heavy atom. The van der Waals surface area contributed by atoms with Crippen LogP contribution in [0.3, 0.4) is 0 Å². The van der Waals surface area contributed by atoms with E-state index in [0.717, 1.165) is 32.7 Å². The number of ether oxygens (including phenoxy) is 3. The Hall–Kier alpha value is -3.98. The fraction of sp³-hybridized carbons (Fsp3) is 0.375. The summed E-state index contributed by atoms with van der Waals surface area (Å²) in [6.45, 7) is 6.33. The number of thiazole rings is 1. The molecular formula is C32H34N2O6S. The Morgan fingerprint density at radius 1 is 1.05 bits per heavy atom. The number of carboxylic acid groups (broad SMARTS) is 1. The Balaban J connectivity index is 1.40. The number of carbonyl (C=O) groups excluding carboxylic acids is 1. The molecule has 41 heavy (non-hydrogen) atoms. The highest BCUT2D eigenvalue weighted by Crippen LogP contribution is 2.40. The zero-order valence-corrected chi connectivity index (χ0v) is 24.4. The predicted molar refractivity (Wildman–Crippen MR) is 158 cm³/mol. The van der Waals surface area contributed by atoms with Gasteiger partial charge in [-0.1, -0.05) is 44.2 Å². The maximum Gasteiger partial charge on any atom is 0.309 e. The Labute approximate surface area is 243 Å². The molecule has 2 heterocycles. The number of carbonyl (C=O) groups is 2. The van der Waals surface area contributed by atoms with Gasteiger partial charge in [0, 0.05) is 28.8 Å². The van der Waals surface area contributed by atoms with E-state index in [1.165, 1.54) is 11.3 Å². The van der Waals surface area contributed by atoms with E-state index in [1.807, 2.05) is 60.8 Å². The van der Waals surface area contributed by atoms with Crippen LogP contribution in [-0.4, -0.2) is 46.8 Å². The number of rotatable bonds is 10. The van der Waals surface area contributed by atoms with Gasteiger partial charge in [0.2, 0.25) is 0 Å². The van der Waals surface area contributed by atoms with Crippen molar-refractivity contribution in [2.45, 2.75) is 52.1 Å². The van der Waals surface area contributed by atoms with E-state index in [-0.39, 0.29) is 25.4 Å². The van der Waals surface area contributed by atoms with E-state index in [0.29, 0.717) is 23.6 Å². The van der Waals surface area contributed by atoms with E-state index in [1.54, 1.807) is 7.11 Å². The van der Waals surface area contributed by atoms with Crippen molar-refractivity contribution in [2.24, 2.45) is 11.8 Å². The Kier molecular flexibility index (Phi) is 8.54. The third-order valence-electron chi connectivity index (χ3n) is 7.61. The summed E-state index contributed by atoms with van der Waals surface area (Å²) in [5.41, 5.74) is 4.31. The van der Waals surface area contributed by atoms with E-state index in [4.69, 9.17) is 24.2 Å². The average molecular weight is 575 g/mol. The van der Waals surface area contributed by atoms with Crippen LogP contribution in [0.25, 0.3) is 21.6 Å². The molecule has 0 radical (unpaired) electrons. The van der Waals surface area contributed by atoms with Gasteiger partial charge in [-0.2, -0.15) is 0 Å². The number of hydrogen-bond acceptors (Lipinski definition) is 8. The molecule has 0 spiro atoms. The molecule has 1 aliphatic carbocycles. The van der Waals surface area contributed by atoms with Gasteiger partial charge in [-0.3, -0.25) is 9.59 Å². The molecule has 1 saturated carbocycles. The first kappa shape index (κ1) is 28.5. The summed E-state index contributed by atoms with van der Waals surface area (Å²) < 4.78 is 17.6. The number of hydrogen-bond donors (Lipinski definition) is 1. The van der Waals surface area contributed by atoms with Gasteiger partial charge in [0.25, 0.3) is 0 Å². The van der Waals surface area contributed by atoms with Crippen LogP contribution in [-0.2, 0) is 20.7 Å². The highest BCUT2D eigenvalue weighted by molar-refractivity contribution is 7.13. The van der Waals surface area contributed by atoms with Crippen LogP contribution in [0.1, 0.15) is 49.4 Å². The maximum atomic E-state index is 13.0. The molecule has 0 aliphatic heterocycles. The van der Waals surface area contributed by atoms with Crippen molar-refractivity contribution in [1.29, 1.82) is 0 Å². The smallest absolute Gasteiger partial charge is 0.309 e. The molecule has 2 aromatic heterocycles. The molecule has 4 aromatic rings. The van der Waals surface area contributed by atoms with Crippen molar-refractivity contribution in [1.82, 2.24) is 9.97 Å². The first-order valence-electron chi connectivity index (χ1n) is 13.8. The molecule has 3 atom stereocenters. The SMILES string of the molecule is COc1ccc2c(O[C@H]3C[C@@H](C(=O)O)[C@H](C(=O)OCCc4ccccc4)C3)cc(-c3nc(C(C)C)cs3)nc2c1C. The number of nitrogens with zero attached hydrogens (tertiary/aromatic N) is 2. The minimum absolute atomic E-state index is 0.197. The van der Waals surface area contributed by atoms with Crippen molar-refractivity contribution in [3.63, 3.8) is 0 Å². The number of fused-ring (bicyclic) bond motifs is 1. The summed E-state index contributed by atoms with van der Waals surface area (Å²) >= 11 is 1.52. The number of benzene rings is 2. The lowest BCUT2D eigenvalue weighted by Crippen LogP contribution is -2.27. The molecule has 1 aliphatic rings. The number of methoxy groups -OCH3 is 1. The molecule has 8 nitrogen and oxygen atoms in total. The molecular weight excluding hydrogens is 540 g/mol. The van der Waals surface area contributed by atoms with Crippen LogP contribution in [0.15, 0.2) is 53.9 Å². The zero-order valence-electron chi connectivity index (χ0n) is 23.6. The monoisotopic (exact) mass is 574 g/mol. The van der Waals surface area contributed by atoms with Gasteiger partial charge >= 0.3 is 11.9 Å². The van der Waals surface area contributed by atoms with Crippen LogP contribution in [0.2, 0.25) is 0 Å². The number of aliphatic carboxylic acids is 1. The fourth-order valence-corrected chi connectivity index (χ4v) is 6.24. The predicted octanol–water partition coefficient (Wildman–Crippen LogP) is 6.44. The first-order chi connectivity index (χ1) is 19.7.